The lowest BCUT2D eigenvalue weighted by atomic mass is 9.79. The number of nitrogens with zero attached hydrogens (tertiary/aromatic N) is 1. The SMILES string of the molecule is C=C[C@@H]1C[C@@H](C(=O)NCC(CCC)CC(=O)C(=O)NC2CC2)N(C(=O)[C@@H](NC(=O)NC2(CC=O)CCCCC2)C(C)(C)C)C1. The van der Waals surface area contributed by atoms with Crippen molar-refractivity contribution in [3.8, 4) is 0 Å². The predicted molar refractivity (Wildman–Crippen MR) is 167 cm³/mol. The molecule has 11 nitrogen and oxygen atoms in total. The number of hydrogen-bond acceptors (Lipinski definition) is 6. The molecule has 4 N–H and O–H groups in total. The molecule has 3 fully saturated rings. The van der Waals surface area contributed by atoms with Crippen molar-refractivity contribution >= 4 is 35.8 Å². The molecule has 0 aromatic heterocycles. The highest BCUT2D eigenvalue weighted by atomic mass is 16.2. The van der Waals surface area contributed by atoms with Gasteiger partial charge in [-0.05, 0) is 55.8 Å². The highest BCUT2D eigenvalue weighted by Crippen LogP contribution is 2.32. The maximum absolute atomic E-state index is 14.1. The van der Waals surface area contributed by atoms with E-state index in [4.69, 9.17) is 0 Å². The van der Waals surface area contributed by atoms with Crippen LogP contribution in [-0.4, -0.2) is 77.5 Å². The van der Waals surface area contributed by atoms with Crippen LogP contribution in [0.25, 0.3) is 0 Å². The molecule has 0 radical (unpaired) electrons. The molecule has 0 aromatic rings. The monoisotopic (exact) mass is 615 g/mol. The molecule has 2 aliphatic carbocycles. The maximum Gasteiger partial charge on any atom is 0.315 e. The van der Waals surface area contributed by atoms with Crippen LogP contribution in [0.2, 0.25) is 0 Å². The van der Waals surface area contributed by atoms with Crippen LogP contribution in [0.1, 0.15) is 105 Å². The number of Topliss-reactive ketones (excluding diaryl/α,β-unsaturated/α-hetero) is 1. The largest absolute Gasteiger partial charge is 0.354 e. The van der Waals surface area contributed by atoms with Crippen LogP contribution < -0.4 is 21.3 Å². The number of ketones is 1. The van der Waals surface area contributed by atoms with Gasteiger partial charge in [-0.3, -0.25) is 19.2 Å². The van der Waals surface area contributed by atoms with Crippen LogP contribution in [0.15, 0.2) is 12.7 Å². The summed E-state index contributed by atoms with van der Waals surface area (Å²) in [5.74, 6) is -2.03. The van der Waals surface area contributed by atoms with Crippen LogP contribution in [-0.2, 0) is 24.0 Å². The van der Waals surface area contributed by atoms with E-state index in [2.05, 4.69) is 27.8 Å². The first-order valence-corrected chi connectivity index (χ1v) is 16.4. The fourth-order valence-electron chi connectivity index (χ4n) is 6.42. The number of amides is 5. The average Bonchev–Trinajstić information content (AvgIpc) is 3.67. The van der Waals surface area contributed by atoms with Gasteiger partial charge in [0.15, 0.2) is 0 Å². The molecule has 1 heterocycles. The van der Waals surface area contributed by atoms with E-state index in [1.54, 1.807) is 6.08 Å². The van der Waals surface area contributed by atoms with Gasteiger partial charge in [0.25, 0.3) is 5.91 Å². The summed E-state index contributed by atoms with van der Waals surface area (Å²) in [6, 6.07) is -2.09. The van der Waals surface area contributed by atoms with Gasteiger partial charge in [-0.15, -0.1) is 6.58 Å². The van der Waals surface area contributed by atoms with E-state index in [9.17, 15) is 28.8 Å². The lowest BCUT2D eigenvalue weighted by molar-refractivity contribution is -0.142. The van der Waals surface area contributed by atoms with Crippen molar-refractivity contribution in [3.63, 3.8) is 0 Å². The molecular formula is C33H53N5O6. The summed E-state index contributed by atoms with van der Waals surface area (Å²) in [6.07, 6.45) is 10.8. The first-order valence-electron chi connectivity index (χ1n) is 16.4. The van der Waals surface area contributed by atoms with E-state index < -0.39 is 40.8 Å². The number of carbonyl (C=O) groups excluding carboxylic acids is 6. The van der Waals surface area contributed by atoms with Gasteiger partial charge < -0.3 is 31.0 Å². The van der Waals surface area contributed by atoms with Crippen molar-refractivity contribution in [2.75, 3.05) is 13.1 Å². The zero-order chi connectivity index (χ0) is 32.5. The van der Waals surface area contributed by atoms with Crippen LogP contribution in [0.3, 0.4) is 0 Å². The number of urea groups is 1. The van der Waals surface area contributed by atoms with E-state index in [1.807, 2.05) is 27.7 Å². The fraction of sp³-hybridized carbons (Fsp3) is 0.758. The second kappa shape index (κ2) is 15.7. The van der Waals surface area contributed by atoms with Gasteiger partial charge >= 0.3 is 6.03 Å². The van der Waals surface area contributed by atoms with Gasteiger partial charge in [-0.1, -0.05) is 59.5 Å². The maximum atomic E-state index is 14.1. The van der Waals surface area contributed by atoms with Crippen LogP contribution in [0.5, 0.6) is 0 Å². The van der Waals surface area contributed by atoms with Gasteiger partial charge in [0.2, 0.25) is 17.6 Å². The lowest BCUT2D eigenvalue weighted by Crippen LogP contribution is -2.61. The smallest absolute Gasteiger partial charge is 0.315 e. The summed E-state index contributed by atoms with van der Waals surface area (Å²) in [5.41, 5.74) is -1.28. The molecule has 0 spiro atoms. The Hall–Kier alpha value is -3.24. The molecule has 0 bridgehead atoms. The quantitative estimate of drug-likeness (QED) is 0.126. The normalized spacial score (nSPS) is 22.7. The number of likely N-dealkylation sites (tertiary alicyclic amines) is 1. The van der Waals surface area contributed by atoms with E-state index in [-0.39, 0.29) is 49.1 Å². The zero-order valence-electron chi connectivity index (χ0n) is 27.0. The molecule has 3 aliphatic rings. The van der Waals surface area contributed by atoms with Crippen molar-refractivity contribution in [1.29, 1.82) is 0 Å². The lowest BCUT2D eigenvalue weighted by Gasteiger charge is -2.39. The van der Waals surface area contributed by atoms with Crippen molar-refractivity contribution in [3.05, 3.63) is 12.7 Å². The minimum Gasteiger partial charge on any atom is -0.354 e. The Labute approximate surface area is 262 Å². The molecule has 4 atom stereocenters. The number of aldehydes is 1. The van der Waals surface area contributed by atoms with E-state index in [0.29, 0.717) is 32.2 Å². The Bertz CT molecular complexity index is 1080. The van der Waals surface area contributed by atoms with Crippen molar-refractivity contribution < 1.29 is 28.8 Å². The van der Waals surface area contributed by atoms with Crippen LogP contribution in [0, 0.1) is 17.3 Å². The topological polar surface area (TPSA) is 154 Å². The Morgan fingerprint density at radius 3 is 2.32 bits per heavy atom. The molecule has 44 heavy (non-hydrogen) atoms. The van der Waals surface area contributed by atoms with Gasteiger partial charge in [0.05, 0.1) is 0 Å². The first-order chi connectivity index (χ1) is 20.8. The second-order valence-electron chi connectivity index (χ2n) is 14.1. The van der Waals surface area contributed by atoms with Crippen molar-refractivity contribution in [2.45, 2.75) is 128 Å². The molecule has 0 aromatic carbocycles. The Morgan fingerprint density at radius 2 is 1.75 bits per heavy atom. The number of carbonyl (C=O) groups is 6. The Morgan fingerprint density at radius 1 is 1.07 bits per heavy atom. The first kappa shape index (κ1) is 35.2. The molecule has 2 saturated carbocycles. The summed E-state index contributed by atoms with van der Waals surface area (Å²) in [6.45, 7) is 12.0. The molecule has 11 heteroatoms. The third-order valence-corrected chi connectivity index (χ3v) is 9.21. The highest BCUT2D eigenvalue weighted by molar-refractivity contribution is 6.36. The van der Waals surface area contributed by atoms with E-state index in [1.165, 1.54) is 4.90 Å². The van der Waals surface area contributed by atoms with Crippen LogP contribution >= 0.6 is 0 Å². The Kier molecular flexibility index (Phi) is 12.5. The zero-order valence-corrected chi connectivity index (χ0v) is 27.0. The van der Waals surface area contributed by atoms with Crippen molar-refractivity contribution in [2.24, 2.45) is 17.3 Å². The molecule has 246 valence electrons. The van der Waals surface area contributed by atoms with Crippen molar-refractivity contribution in [1.82, 2.24) is 26.2 Å². The average molecular weight is 616 g/mol. The standard InChI is InChI=1S/C33H53N5O6/c1-6-11-23(19-26(40)29(42)35-24-12-13-24)20-34-28(41)25-18-22(7-2)21-38(25)30(43)27(32(3,4)5)36-31(44)37-33(16-17-39)14-9-8-10-15-33/h7,17,22-25,27H,2,6,8-16,18-21H2,1,3-5H3,(H,34,41)(H,35,42)(H2,36,37,44)/t22-,23?,25+,27-/m1/s1. The summed E-state index contributed by atoms with van der Waals surface area (Å²) in [5, 5.41) is 11.6. The van der Waals surface area contributed by atoms with Gasteiger partial charge in [0.1, 0.15) is 18.4 Å². The predicted octanol–water partition coefficient (Wildman–Crippen LogP) is 3.17. The second-order valence-corrected chi connectivity index (χ2v) is 14.1. The van der Waals surface area contributed by atoms with E-state index >= 15 is 0 Å². The molecule has 1 unspecified atom stereocenters. The summed E-state index contributed by atoms with van der Waals surface area (Å²) >= 11 is 0. The molecule has 1 saturated heterocycles. The van der Waals surface area contributed by atoms with E-state index in [0.717, 1.165) is 44.8 Å². The molecule has 5 amide bonds. The molecular weight excluding hydrogens is 562 g/mol. The van der Waals surface area contributed by atoms with Gasteiger partial charge in [-0.2, -0.15) is 0 Å². The number of rotatable bonds is 15. The third kappa shape index (κ3) is 9.89. The third-order valence-electron chi connectivity index (χ3n) is 9.21. The fourth-order valence-corrected chi connectivity index (χ4v) is 6.42. The Balaban J connectivity index is 1.68. The number of nitrogens with one attached hydrogen (secondary N) is 4. The number of hydrogen-bond donors (Lipinski definition) is 4. The molecule has 1 aliphatic heterocycles. The van der Waals surface area contributed by atoms with Gasteiger partial charge in [-0.25, -0.2) is 4.79 Å². The minimum atomic E-state index is -0.923. The summed E-state index contributed by atoms with van der Waals surface area (Å²) in [4.78, 5) is 78.6. The minimum absolute atomic E-state index is 0.0476. The summed E-state index contributed by atoms with van der Waals surface area (Å²) < 4.78 is 0. The molecule has 3 rings (SSSR count). The van der Waals surface area contributed by atoms with Crippen LogP contribution in [0.4, 0.5) is 4.79 Å². The summed E-state index contributed by atoms with van der Waals surface area (Å²) in [7, 11) is 0. The highest BCUT2D eigenvalue weighted by Gasteiger charge is 2.45. The van der Waals surface area contributed by atoms with Gasteiger partial charge in [0, 0.05) is 37.5 Å².